The molecule has 0 bridgehead atoms. The molecule has 110 valence electrons. The summed E-state index contributed by atoms with van der Waals surface area (Å²) in [7, 11) is 0. The average Bonchev–Trinajstić information content (AvgIpc) is 3.01. The maximum Gasteiger partial charge on any atom is 0.199 e. The number of aliphatic hydroxyl groups excluding tert-OH is 2. The number of aliphatic hydroxyl groups is 3. The van der Waals surface area contributed by atoms with Crippen molar-refractivity contribution in [1.29, 1.82) is 0 Å². The monoisotopic (exact) mass is 291 g/mol. The zero-order valence-corrected chi connectivity index (χ0v) is 10.8. The van der Waals surface area contributed by atoms with E-state index in [0.717, 1.165) is 0 Å². The number of fused-ring (bicyclic) bond motifs is 1. The molecule has 1 fully saturated rings. The third-order valence-corrected chi connectivity index (χ3v) is 3.53. The first kappa shape index (κ1) is 13.7. The highest BCUT2D eigenvalue weighted by atomic mass is 16.6. The number of ether oxygens (including phenoxy) is 1. The van der Waals surface area contributed by atoms with Crippen LogP contribution < -0.4 is 5.73 Å². The molecular weight excluding hydrogens is 278 g/mol. The standard InChI is InChI=1S/C12H13N5O4/c1-2-12(20)8(19)6(3-18)21-11(12)17-5-16-7-9(13)14-4-15-10(7)17/h1,4-6,8,11,18-20H,3H2,(H2,13,14,15)/t6-,8-,11-,12-/m1/s1. The lowest BCUT2D eigenvalue weighted by Crippen LogP contribution is -2.45. The summed E-state index contributed by atoms with van der Waals surface area (Å²) in [6.07, 6.45) is 4.27. The summed E-state index contributed by atoms with van der Waals surface area (Å²) in [5.74, 6) is 2.29. The highest BCUT2D eigenvalue weighted by molar-refractivity contribution is 5.81. The fourth-order valence-electron chi connectivity index (χ4n) is 2.39. The van der Waals surface area contributed by atoms with Crippen LogP contribution in [-0.2, 0) is 4.74 Å². The van der Waals surface area contributed by atoms with Crippen LogP contribution >= 0.6 is 0 Å². The van der Waals surface area contributed by atoms with Gasteiger partial charge < -0.3 is 25.8 Å². The van der Waals surface area contributed by atoms with Gasteiger partial charge in [0.05, 0.1) is 12.9 Å². The molecule has 9 nitrogen and oxygen atoms in total. The van der Waals surface area contributed by atoms with Crippen molar-refractivity contribution in [2.24, 2.45) is 0 Å². The Morgan fingerprint density at radius 2 is 2.24 bits per heavy atom. The lowest BCUT2D eigenvalue weighted by molar-refractivity contribution is -0.0721. The molecule has 5 N–H and O–H groups in total. The van der Waals surface area contributed by atoms with Crippen LogP contribution in [0.3, 0.4) is 0 Å². The zero-order chi connectivity index (χ0) is 15.2. The van der Waals surface area contributed by atoms with Crippen LogP contribution in [0.5, 0.6) is 0 Å². The van der Waals surface area contributed by atoms with E-state index < -0.39 is 30.6 Å². The summed E-state index contributed by atoms with van der Waals surface area (Å²) < 4.78 is 6.80. The molecular formula is C12H13N5O4. The van der Waals surface area contributed by atoms with E-state index in [0.29, 0.717) is 11.2 Å². The van der Waals surface area contributed by atoms with Gasteiger partial charge in [0, 0.05) is 0 Å². The van der Waals surface area contributed by atoms with Crippen molar-refractivity contribution < 1.29 is 20.1 Å². The van der Waals surface area contributed by atoms with Crippen LogP contribution in [0.15, 0.2) is 12.7 Å². The van der Waals surface area contributed by atoms with E-state index in [4.69, 9.17) is 16.9 Å². The van der Waals surface area contributed by atoms with Crippen LogP contribution in [0.2, 0.25) is 0 Å². The minimum absolute atomic E-state index is 0.167. The molecule has 0 spiro atoms. The Kier molecular flexibility index (Phi) is 3.03. The Balaban J connectivity index is 2.14. The molecule has 2 aromatic heterocycles. The van der Waals surface area contributed by atoms with Crippen LogP contribution in [0.25, 0.3) is 11.2 Å². The Morgan fingerprint density at radius 3 is 2.90 bits per heavy atom. The number of nitrogen functional groups attached to an aromatic ring is 1. The number of terminal acetylenes is 1. The van der Waals surface area contributed by atoms with E-state index in [1.165, 1.54) is 17.2 Å². The van der Waals surface area contributed by atoms with Gasteiger partial charge in [-0.05, 0) is 0 Å². The second-order valence-corrected chi connectivity index (χ2v) is 4.71. The molecule has 1 aliphatic rings. The predicted molar refractivity (Wildman–Crippen MR) is 70.5 cm³/mol. The summed E-state index contributed by atoms with van der Waals surface area (Å²) >= 11 is 0. The third-order valence-electron chi connectivity index (χ3n) is 3.53. The highest BCUT2D eigenvalue weighted by Gasteiger charge is 2.55. The van der Waals surface area contributed by atoms with Gasteiger partial charge in [0.25, 0.3) is 0 Å². The van der Waals surface area contributed by atoms with Gasteiger partial charge in [0.2, 0.25) is 0 Å². The van der Waals surface area contributed by atoms with E-state index in [-0.39, 0.29) is 5.82 Å². The van der Waals surface area contributed by atoms with Gasteiger partial charge in [-0.2, -0.15) is 0 Å². The van der Waals surface area contributed by atoms with Crippen molar-refractivity contribution in [3.05, 3.63) is 12.7 Å². The van der Waals surface area contributed by atoms with Gasteiger partial charge in [0.15, 0.2) is 23.3 Å². The first-order chi connectivity index (χ1) is 10.0. The Bertz CT molecular complexity index is 726. The maximum absolute atomic E-state index is 10.5. The molecule has 0 radical (unpaired) electrons. The smallest absolute Gasteiger partial charge is 0.199 e. The highest BCUT2D eigenvalue weighted by Crippen LogP contribution is 2.39. The number of nitrogens with two attached hydrogens (primary N) is 1. The van der Waals surface area contributed by atoms with Crippen LogP contribution in [0.1, 0.15) is 6.23 Å². The van der Waals surface area contributed by atoms with E-state index >= 15 is 0 Å². The van der Waals surface area contributed by atoms with Crippen molar-refractivity contribution in [1.82, 2.24) is 19.5 Å². The van der Waals surface area contributed by atoms with E-state index in [1.807, 2.05) is 0 Å². The molecule has 0 amide bonds. The summed E-state index contributed by atoms with van der Waals surface area (Å²) in [5.41, 5.74) is 4.28. The van der Waals surface area contributed by atoms with E-state index in [9.17, 15) is 15.3 Å². The largest absolute Gasteiger partial charge is 0.394 e. The molecule has 4 atom stereocenters. The topological polar surface area (TPSA) is 140 Å². The first-order valence-corrected chi connectivity index (χ1v) is 6.10. The minimum Gasteiger partial charge on any atom is -0.394 e. The summed E-state index contributed by atoms with van der Waals surface area (Å²) in [6.45, 7) is -0.495. The number of aromatic nitrogens is 4. The molecule has 0 saturated carbocycles. The van der Waals surface area contributed by atoms with Gasteiger partial charge in [-0.3, -0.25) is 4.57 Å². The Labute approximate surface area is 119 Å². The van der Waals surface area contributed by atoms with Gasteiger partial charge >= 0.3 is 0 Å². The molecule has 0 unspecified atom stereocenters. The van der Waals surface area contributed by atoms with Gasteiger partial charge in [-0.15, -0.1) is 6.42 Å². The van der Waals surface area contributed by atoms with Gasteiger partial charge in [-0.1, -0.05) is 5.92 Å². The van der Waals surface area contributed by atoms with Crippen molar-refractivity contribution in [3.8, 4) is 12.3 Å². The maximum atomic E-state index is 10.5. The molecule has 1 aliphatic heterocycles. The number of hydrogen-bond acceptors (Lipinski definition) is 8. The predicted octanol–water partition coefficient (Wildman–Crippen LogP) is -1.98. The SMILES string of the molecule is C#C[C@@]1(O)[C@H](O)[C@@H](CO)O[C@H]1n1cnc2c(N)ncnc21. The lowest BCUT2D eigenvalue weighted by Gasteiger charge is -2.26. The number of rotatable bonds is 2. The van der Waals surface area contributed by atoms with Crippen LogP contribution in [0.4, 0.5) is 5.82 Å². The Morgan fingerprint density at radius 1 is 1.48 bits per heavy atom. The molecule has 9 heteroatoms. The first-order valence-electron chi connectivity index (χ1n) is 6.10. The summed E-state index contributed by atoms with van der Waals surface area (Å²) in [4.78, 5) is 11.9. The molecule has 21 heavy (non-hydrogen) atoms. The van der Waals surface area contributed by atoms with Gasteiger partial charge in [0.1, 0.15) is 24.1 Å². The van der Waals surface area contributed by atoms with E-state index in [2.05, 4.69) is 20.9 Å². The zero-order valence-electron chi connectivity index (χ0n) is 10.8. The number of imidazole rings is 1. The fourth-order valence-corrected chi connectivity index (χ4v) is 2.39. The lowest BCUT2D eigenvalue weighted by atomic mass is 9.95. The normalized spacial score (nSPS) is 32.4. The number of hydrogen-bond donors (Lipinski definition) is 4. The molecule has 1 saturated heterocycles. The van der Waals surface area contributed by atoms with Crippen molar-refractivity contribution in [2.45, 2.75) is 24.0 Å². The number of anilines is 1. The molecule has 3 rings (SSSR count). The second kappa shape index (κ2) is 4.64. The molecule has 0 aliphatic carbocycles. The number of nitrogens with zero attached hydrogens (tertiary/aromatic N) is 4. The molecule has 0 aromatic carbocycles. The van der Waals surface area contributed by atoms with E-state index in [1.54, 1.807) is 0 Å². The summed E-state index contributed by atoms with van der Waals surface area (Å²) in [6, 6.07) is 0. The van der Waals surface area contributed by atoms with Crippen molar-refractivity contribution >= 4 is 17.0 Å². The second-order valence-electron chi connectivity index (χ2n) is 4.71. The Hall–Kier alpha value is -2.25. The third kappa shape index (κ3) is 1.78. The van der Waals surface area contributed by atoms with Gasteiger partial charge in [-0.25, -0.2) is 15.0 Å². The van der Waals surface area contributed by atoms with Crippen LogP contribution in [0, 0.1) is 12.3 Å². The molecule has 3 heterocycles. The summed E-state index contributed by atoms with van der Waals surface area (Å²) in [5, 5.41) is 29.7. The van der Waals surface area contributed by atoms with Crippen LogP contribution in [-0.4, -0.2) is 59.3 Å². The average molecular weight is 291 g/mol. The molecule has 2 aromatic rings. The quantitative estimate of drug-likeness (QED) is 0.467. The van der Waals surface area contributed by atoms with Crippen molar-refractivity contribution in [3.63, 3.8) is 0 Å². The van der Waals surface area contributed by atoms with Crippen molar-refractivity contribution in [2.75, 3.05) is 12.3 Å². The minimum atomic E-state index is -2.03. The fraction of sp³-hybridized carbons (Fsp3) is 0.417.